The van der Waals surface area contributed by atoms with E-state index in [4.69, 9.17) is 0 Å². The smallest absolute Gasteiger partial charge is 0.387 e. The topological polar surface area (TPSA) is 55.8 Å². The second kappa shape index (κ2) is 9.38. The summed E-state index contributed by atoms with van der Waals surface area (Å²) < 4.78 is 59.9. The molecule has 0 saturated carbocycles. The van der Waals surface area contributed by atoms with Crippen LogP contribution >= 0.6 is 0 Å². The van der Waals surface area contributed by atoms with Crippen molar-refractivity contribution in [3.05, 3.63) is 89.0 Å². The third-order valence-corrected chi connectivity index (χ3v) is 5.07. The van der Waals surface area contributed by atoms with Gasteiger partial charge in [0.15, 0.2) is 0 Å². The molecule has 3 aromatic rings. The van der Waals surface area contributed by atoms with Crippen molar-refractivity contribution < 1.29 is 36.6 Å². The van der Waals surface area contributed by atoms with Gasteiger partial charge < -0.3 is 9.47 Å². The van der Waals surface area contributed by atoms with Gasteiger partial charge in [0, 0.05) is 22.8 Å². The van der Waals surface area contributed by atoms with Gasteiger partial charge in [0.25, 0.3) is 11.8 Å². The second-order valence-corrected chi connectivity index (χ2v) is 7.34. The fourth-order valence-corrected chi connectivity index (χ4v) is 3.66. The van der Waals surface area contributed by atoms with E-state index in [1.54, 1.807) is 42.5 Å². The van der Waals surface area contributed by atoms with Gasteiger partial charge in [-0.3, -0.25) is 9.59 Å². The van der Waals surface area contributed by atoms with Crippen molar-refractivity contribution in [1.29, 1.82) is 0 Å². The van der Waals surface area contributed by atoms with Gasteiger partial charge in [-0.25, -0.2) is 4.90 Å². The van der Waals surface area contributed by atoms with Crippen LogP contribution in [0.15, 0.2) is 66.7 Å². The predicted molar refractivity (Wildman–Crippen MR) is 117 cm³/mol. The lowest BCUT2D eigenvalue weighted by Gasteiger charge is -2.29. The number of nitrogens with zero attached hydrogens (tertiary/aromatic N) is 1. The van der Waals surface area contributed by atoms with Crippen LogP contribution in [0.2, 0.25) is 0 Å². The summed E-state index contributed by atoms with van der Waals surface area (Å²) in [5.41, 5.74) is 1.77. The fourth-order valence-electron chi connectivity index (χ4n) is 3.66. The van der Waals surface area contributed by atoms with E-state index in [2.05, 4.69) is 9.47 Å². The van der Waals surface area contributed by atoms with Gasteiger partial charge in [0.05, 0.1) is 5.69 Å². The van der Waals surface area contributed by atoms with Crippen molar-refractivity contribution in [3.63, 3.8) is 0 Å². The summed E-state index contributed by atoms with van der Waals surface area (Å²) in [6, 6.07) is 16.4. The van der Waals surface area contributed by atoms with E-state index in [-0.39, 0.29) is 22.4 Å². The quantitative estimate of drug-likeness (QED) is 0.254. The summed E-state index contributed by atoms with van der Waals surface area (Å²) in [6.45, 7) is -4.60. The van der Waals surface area contributed by atoms with E-state index < -0.39 is 30.8 Å². The third kappa shape index (κ3) is 4.63. The number of benzene rings is 3. The summed E-state index contributed by atoms with van der Waals surface area (Å²) in [6.07, 6.45) is 1.28. The van der Waals surface area contributed by atoms with Crippen molar-refractivity contribution in [3.8, 4) is 11.5 Å². The molecule has 0 aromatic heterocycles. The van der Waals surface area contributed by atoms with Gasteiger partial charge in [-0.05, 0) is 54.5 Å². The monoisotopic (exact) mass is 471 g/mol. The molecule has 0 saturated heterocycles. The Morgan fingerprint density at radius 3 is 2.18 bits per heavy atom. The molecule has 0 atom stereocenters. The number of alkyl halides is 4. The number of fused-ring (bicyclic) bond motifs is 1. The highest BCUT2D eigenvalue weighted by Gasteiger charge is 2.36. The molecule has 4 rings (SSSR count). The minimum Gasteiger partial charge on any atom is -0.435 e. The van der Waals surface area contributed by atoms with Crippen LogP contribution in [0.5, 0.6) is 11.5 Å². The summed E-state index contributed by atoms with van der Waals surface area (Å²) in [5.74, 6) is -2.07. The molecule has 0 spiro atoms. The Hall–Kier alpha value is -4.14. The number of carbonyl (C=O) groups is 2. The van der Waals surface area contributed by atoms with Crippen molar-refractivity contribution in [1.82, 2.24) is 0 Å². The molecule has 0 aliphatic carbocycles. The average Bonchev–Trinajstić information content (AvgIpc) is 2.77. The standard InChI is InChI=1S/C25H17F4NO4/c1-14-5-4-6-16(11-14)30-22(31)19-8-3-2-7-18(19)20(23(30)32)12-15-9-10-17(33-24(26)27)13-21(15)34-25(28)29/h2-13,24-25H,1H3/b20-12+. The lowest BCUT2D eigenvalue weighted by Crippen LogP contribution is -2.41. The van der Waals surface area contributed by atoms with Crippen LogP contribution in [0.4, 0.5) is 23.2 Å². The zero-order valence-electron chi connectivity index (χ0n) is 17.7. The summed E-state index contributed by atoms with van der Waals surface area (Å²) in [5, 5.41) is 0. The summed E-state index contributed by atoms with van der Waals surface area (Å²) >= 11 is 0. The number of hydrogen-bond donors (Lipinski definition) is 0. The first-order chi connectivity index (χ1) is 16.2. The number of aryl methyl sites for hydroxylation is 1. The van der Waals surface area contributed by atoms with Crippen LogP contribution in [0.3, 0.4) is 0 Å². The molecule has 5 nitrogen and oxygen atoms in total. The number of carbonyl (C=O) groups excluding carboxylic acids is 2. The number of rotatable bonds is 6. The van der Waals surface area contributed by atoms with E-state index in [0.717, 1.165) is 22.6 Å². The van der Waals surface area contributed by atoms with Crippen LogP contribution in [-0.2, 0) is 4.79 Å². The average molecular weight is 471 g/mol. The number of halogens is 4. The molecule has 9 heteroatoms. The number of hydrogen-bond acceptors (Lipinski definition) is 4. The maximum Gasteiger partial charge on any atom is 0.387 e. The molecular formula is C25H17F4NO4. The maximum absolute atomic E-state index is 13.5. The van der Waals surface area contributed by atoms with E-state index in [1.165, 1.54) is 12.1 Å². The Labute approximate surface area is 191 Å². The highest BCUT2D eigenvalue weighted by molar-refractivity contribution is 6.43. The van der Waals surface area contributed by atoms with Crippen LogP contribution in [-0.4, -0.2) is 25.0 Å². The lowest BCUT2D eigenvalue weighted by atomic mass is 9.91. The summed E-state index contributed by atoms with van der Waals surface area (Å²) in [4.78, 5) is 27.7. The molecule has 1 aliphatic heterocycles. The highest BCUT2D eigenvalue weighted by Crippen LogP contribution is 2.36. The zero-order valence-corrected chi connectivity index (χ0v) is 17.7. The molecule has 0 fully saturated rings. The van der Waals surface area contributed by atoms with Gasteiger partial charge in [-0.1, -0.05) is 30.3 Å². The Balaban J connectivity index is 1.87. The maximum atomic E-state index is 13.5. The van der Waals surface area contributed by atoms with E-state index in [1.807, 2.05) is 13.0 Å². The van der Waals surface area contributed by atoms with Crippen LogP contribution < -0.4 is 14.4 Å². The van der Waals surface area contributed by atoms with Gasteiger partial charge in [-0.15, -0.1) is 0 Å². The molecule has 0 bridgehead atoms. The molecule has 0 N–H and O–H groups in total. The number of amides is 2. The van der Waals surface area contributed by atoms with E-state index >= 15 is 0 Å². The Kier molecular flexibility index (Phi) is 6.36. The summed E-state index contributed by atoms with van der Waals surface area (Å²) in [7, 11) is 0. The number of imide groups is 1. The van der Waals surface area contributed by atoms with Crippen molar-refractivity contribution in [2.75, 3.05) is 4.90 Å². The first-order valence-electron chi connectivity index (χ1n) is 10.0. The molecule has 174 valence electrons. The molecule has 2 amide bonds. The minimum absolute atomic E-state index is 0.0126. The van der Waals surface area contributed by atoms with Crippen LogP contribution in [0.1, 0.15) is 27.0 Å². The van der Waals surface area contributed by atoms with E-state index in [9.17, 15) is 27.2 Å². The largest absolute Gasteiger partial charge is 0.435 e. The molecule has 0 unspecified atom stereocenters. The highest BCUT2D eigenvalue weighted by atomic mass is 19.3. The molecule has 1 heterocycles. The normalized spacial score (nSPS) is 14.7. The van der Waals surface area contributed by atoms with Gasteiger partial charge in [0.1, 0.15) is 11.5 Å². The molecule has 1 aliphatic rings. The van der Waals surface area contributed by atoms with Gasteiger partial charge in [0.2, 0.25) is 0 Å². The Morgan fingerprint density at radius 1 is 0.794 bits per heavy atom. The van der Waals surface area contributed by atoms with Crippen molar-refractivity contribution >= 4 is 29.2 Å². The first kappa shape index (κ1) is 23.0. The minimum atomic E-state index is -3.25. The van der Waals surface area contributed by atoms with E-state index in [0.29, 0.717) is 11.3 Å². The van der Waals surface area contributed by atoms with Crippen molar-refractivity contribution in [2.45, 2.75) is 20.1 Å². The predicted octanol–water partition coefficient (Wildman–Crippen LogP) is 5.93. The first-order valence-corrected chi connectivity index (χ1v) is 10.0. The second-order valence-electron chi connectivity index (χ2n) is 7.34. The third-order valence-electron chi connectivity index (χ3n) is 5.07. The number of ether oxygens (including phenoxy) is 2. The Morgan fingerprint density at radius 2 is 1.50 bits per heavy atom. The SMILES string of the molecule is Cc1cccc(N2C(=O)/C(=C/c3ccc(OC(F)F)cc3OC(F)F)c3ccccc3C2=O)c1. The van der Waals surface area contributed by atoms with Gasteiger partial charge >= 0.3 is 13.2 Å². The molecular weight excluding hydrogens is 454 g/mol. The van der Waals surface area contributed by atoms with Gasteiger partial charge in [-0.2, -0.15) is 17.6 Å². The zero-order chi connectivity index (χ0) is 24.4. The Bertz CT molecular complexity index is 1290. The molecule has 3 aromatic carbocycles. The molecule has 34 heavy (non-hydrogen) atoms. The van der Waals surface area contributed by atoms with Crippen molar-refractivity contribution in [2.24, 2.45) is 0 Å². The lowest BCUT2D eigenvalue weighted by molar-refractivity contribution is -0.112. The van der Waals surface area contributed by atoms with Crippen LogP contribution in [0, 0.1) is 6.92 Å². The van der Waals surface area contributed by atoms with Crippen LogP contribution in [0.25, 0.3) is 11.6 Å². The number of anilines is 1. The molecule has 0 radical (unpaired) electrons. The fraction of sp³-hybridized carbons (Fsp3) is 0.120.